The summed E-state index contributed by atoms with van der Waals surface area (Å²) >= 11 is 0. The lowest BCUT2D eigenvalue weighted by molar-refractivity contribution is 0.0547. The predicted octanol–water partition coefficient (Wildman–Crippen LogP) is 2.60. The fourth-order valence-corrected chi connectivity index (χ4v) is 2.85. The highest BCUT2D eigenvalue weighted by Gasteiger charge is 2.14. The van der Waals surface area contributed by atoms with E-state index in [2.05, 4.69) is 21.6 Å². The number of hydrogen-bond donors (Lipinski definition) is 2. The molecule has 22 heavy (non-hydrogen) atoms. The predicted molar refractivity (Wildman–Crippen MR) is 85.8 cm³/mol. The molecule has 3 rings (SSSR count). The van der Waals surface area contributed by atoms with Crippen molar-refractivity contribution in [2.24, 2.45) is 5.92 Å². The maximum Gasteiger partial charge on any atom is 0.119 e. The summed E-state index contributed by atoms with van der Waals surface area (Å²) in [4.78, 5) is 0. The van der Waals surface area contributed by atoms with E-state index in [0.29, 0.717) is 5.92 Å². The summed E-state index contributed by atoms with van der Waals surface area (Å²) in [6, 6.07) is 8.02. The van der Waals surface area contributed by atoms with Gasteiger partial charge in [-0.25, -0.2) is 0 Å². The molecule has 118 valence electrons. The topological polar surface area (TPSA) is 59.2 Å². The molecule has 1 aliphatic heterocycles. The Labute approximate surface area is 131 Å². The Morgan fingerprint density at radius 2 is 2.41 bits per heavy atom. The van der Waals surface area contributed by atoms with Crippen molar-refractivity contribution in [1.29, 1.82) is 0 Å². The molecule has 1 saturated heterocycles. The molecule has 1 aromatic carbocycles. The molecule has 0 unspecified atom stereocenters. The van der Waals surface area contributed by atoms with Gasteiger partial charge in [-0.05, 0) is 30.9 Å². The van der Waals surface area contributed by atoms with Crippen molar-refractivity contribution in [2.45, 2.75) is 19.4 Å². The van der Waals surface area contributed by atoms with Gasteiger partial charge in [0.2, 0.25) is 0 Å². The molecule has 0 bridgehead atoms. The van der Waals surface area contributed by atoms with E-state index in [1.54, 1.807) is 7.11 Å². The van der Waals surface area contributed by atoms with Crippen LogP contribution in [0.1, 0.15) is 18.4 Å². The first kappa shape index (κ1) is 15.1. The number of rotatable bonds is 6. The molecule has 1 fully saturated rings. The summed E-state index contributed by atoms with van der Waals surface area (Å²) in [5, 5.41) is 10.8. The first-order valence-corrected chi connectivity index (χ1v) is 7.82. The van der Waals surface area contributed by atoms with Gasteiger partial charge < -0.3 is 14.8 Å². The fourth-order valence-electron chi connectivity index (χ4n) is 2.85. The van der Waals surface area contributed by atoms with E-state index >= 15 is 0 Å². The number of aromatic nitrogens is 2. The minimum atomic E-state index is 0.626. The van der Waals surface area contributed by atoms with Crippen molar-refractivity contribution in [2.75, 3.05) is 26.9 Å². The lowest BCUT2D eigenvalue weighted by Crippen LogP contribution is -2.28. The minimum Gasteiger partial charge on any atom is -0.497 e. The van der Waals surface area contributed by atoms with Crippen LogP contribution in [0.25, 0.3) is 11.3 Å². The first-order chi connectivity index (χ1) is 10.9. The van der Waals surface area contributed by atoms with Crippen LogP contribution < -0.4 is 10.1 Å². The molecule has 0 saturated carbocycles. The molecular formula is C17H23N3O2. The maximum absolute atomic E-state index is 5.52. The van der Waals surface area contributed by atoms with E-state index in [1.807, 2.05) is 24.4 Å². The van der Waals surface area contributed by atoms with Gasteiger partial charge in [0.15, 0.2) is 0 Å². The third-order valence-electron chi connectivity index (χ3n) is 4.08. The summed E-state index contributed by atoms with van der Waals surface area (Å²) in [7, 11) is 1.68. The van der Waals surface area contributed by atoms with Gasteiger partial charge in [-0.15, -0.1) is 0 Å². The van der Waals surface area contributed by atoms with Gasteiger partial charge in [0, 0.05) is 30.8 Å². The highest BCUT2D eigenvalue weighted by Crippen LogP contribution is 2.25. The number of benzene rings is 1. The van der Waals surface area contributed by atoms with Crippen LogP contribution >= 0.6 is 0 Å². The quantitative estimate of drug-likeness (QED) is 0.861. The Morgan fingerprint density at radius 3 is 3.23 bits per heavy atom. The van der Waals surface area contributed by atoms with Gasteiger partial charge in [0.1, 0.15) is 5.75 Å². The normalized spacial score (nSPS) is 18.3. The van der Waals surface area contributed by atoms with E-state index in [9.17, 15) is 0 Å². The summed E-state index contributed by atoms with van der Waals surface area (Å²) < 4.78 is 10.8. The van der Waals surface area contributed by atoms with Gasteiger partial charge in [-0.2, -0.15) is 5.10 Å². The Bertz CT molecular complexity index is 591. The summed E-state index contributed by atoms with van der Waals surface area (Å²) in [6.07, 6.45) is 4.31. The largest absolute Gasteiger partial charge is 0.497 e. The zero-order chi connectivity index (χ0) is 15.2. The fraction of sp³-hybridized carbons (Fsp3) is 0.471. The molecule has 0 amide bonds. The highest BCUT2D eigenvalue weighted by atomic mass is 16.5. The van der Waals surface area contributed by atoms with Gasteiger partial charge in [0.05, 0.1) is 25.6 Å². The molecule has 1 aromatic heterocycles. The van der Waals surface area contributed by atoms with Gasteiger partial charge in [0.25, 0.3) is 0 Å². The molecule has 1 aliphatic rings. The third kappa shape index (κ3) is 3.67. The van der Waals surface area contributed by atoms with Gasteiger partial charge in [-0.3, -0.25) is 5.10 Å². The van der Waals surface area contributed by atoms with Gasteiger partial charge in [-0.1, -0.05) is 12.1 Å². The number of aromatic amines is 1. The second-order valence-corrected chi connectivity index (χ2v) is 5.72. The summed E-state index contributed by atoms with van der Waals surface area (Å²) in [6.45, 7) is 3.58. The number of methoxy groups -OCH3 is 1. The first-order valence-electron chi connectivity index (χ1n) is 7.82. The second kappa shape index (κ2) is 7.42. The van der Waals surface area contributed by atoms with Gasteiger partial charge >= 0.3 is 0 Å². The van der Waals surface area contributed by atoms with E-state index in [0.717, 1.165) is 43.3 Å². The molecule has 2 aromatic rings. The number of nitrogens with one attached hydrogen (secondary N) is 2. The minimum absolute atomic E-state index is 0.626. The maximum atomic E-state index is 5.52. The monoisotopic (exact) mass is 301 g/mol. The van der Waals surface area contributed by atoms with Crippen LogP contribution in [0, 0.1) is 5.92 Å². The van der Waals surface area contributed by atoms with Crippen LogP contribution in [-0.2, 0) is 11.3 Å². The molecule has 5 heteroatoms. The lowest BCUT2D eigenvalue weighted by atomic mass is 10.0. The lowest BCUT2D eigenvalue weighted by Gasteiger charge is -2.22. The van der Waals surface area contributed by atoms with Crippen molar-refractivity contribution in [3.05, 3.63) is 36.0 Å². The van der Waals surface area contributed by atoms with Crippen LogP contribution in [0.2, 0.25) is 0 Å². The molecule has 0 radical (unpaired) electrons. The average Bonchev–Trinajstić information content (AvgIpc) is 3.04. The van der Waals surface area contributed by atoms with Crippen LogP contribution in [0.3, 0.4) is 0 Å². The molecule has 1 atom stereocenters. The van der Waals surface area contributed by atoms with Crippen molar-refractivity contribution < 1.29 is 9.47 Å². The highest BCUT2D eigenvalue weighted by molar-refractivity contribution is 5.64. The summed E-state index contributed by atoms with van der Waals surface area (Å²) in [5.74, 6) is 1.48. The second-order valence-electron chi connectivity index (χ2n) is 5.72. The van der Waals surface area contributed by atoms with E-state index in [-0.39, 0.29) is 0 Å². The van der Waals surface area contributed by atoms with Crippen molar-refractivity contribution in [3.63, 3.8) is 0 Å². The molecule has 2 N–H and O–H groups in total. The standard InChI is InChI=1S/C17H23N3O2/c1-21-16-6-2-5-14(8-16)17-15(11-19-20-17)10-18-9-13-4-3-7-22-12-13/h2,5-6,8,11,13,18H,3-4,7,9-10,12H2,1H3,(H,19,20)/t13-/m1/s1. The summed E-state index contributed by atoms with van der Waals surface area (Å²) in [5.41, 5.74) is 3.31. The van der Waals surface area contributed by atoms with E-state index in [4.69, 9.17) is 9.47 Å². The molecular weight excluding hydrogens is 278 g/mol. The van der Waals surface area contributed by atoms with E-state index < -0.39 is 0 Å². The number of H-pyrrole nitrogens is 1. The molecule has 0 aliphatic carbocycles. The molecule has 5 nitrogen and oxygen atoms in total. The number of nitrogens with zero attached hydrogens (tertiary/aromatic N) is 1. The van der Waals surface area contributed by atoms with Crippen molar-refractivity contribution in [3.8, 4) is 17.0 Å². The van der Waals surface area contributed by atoms with Crippen LogP contribution in [0.5, 0.6) is 5.75 Å². The zero-order valence-corrected chi connectivity index (χ0v) is 13.0. The number of hydrogen-bond acceptors (Lipinski definition) is 4. The van der Waals surface area contributed by atoms with Crippen molar-refractivity contribution >= 4 is 0 Å². The number of ether oxygens (including phenoxy) is 2. The zero-order valence-electron chi connectivity index (χ0n) is 13.0. The third-order valence-corrected chi connectivity index (χ3v) is 4.08. The van der Waals surface area contributed by atoms with Crippen LogP contribution in [0.15, 0.2) is 30.5 Å². The Morgan fingerprint density at radius 1 is 1.45 bits per heavy atom. The smallest absolute Gasteiger partial charge is 0.119 e. The molecule has 0 spiro atoms. The Hall–Kier alpha value is -1.85. The molecule has 2 heterocycles. The van der Waals surface area contributed by atoms with Crippen molar-refractivity contribution in [1.82, 2.24) is 15.5 Å². The van der Waals surface area contributed by atoms with Crippen LogP contribution in [0.4, 0.5) is 0 Å². The van der Waals surface area contributed by atoms with E-state index in [1.165, 1.54) is 18.4 Å². The van der Waals surface area contributed by atoms with Crippen LogP contribution in [-0.4, -0.2) is 37.1 Å². The average molecular weight is 301 g/mol. The Balaban J connectivity index is 1.61. The Kier molecular flexibility index (Phi) is 5.08. The SMILES string of the molecule is COc1cccc(-c2[nH]ncc2CNC[C@H]2CCCOC2)c1.